The van der Waals surface area contributed by atoms with Crippen LogP contribution in [0.4, 0.5) is 0 Å². The zero-order valence-corrected chi connectivity index (χ0v) is 19.2. The smallest absolute Gasteiger partial charge is 0.0347 e. The monoisotopic (exact) mass is 406 g/mol. The van der Waals surface area contributed by atoms with E-state index in [2.05, 4.69) is 84.9 Å². The molecule has 0 amide bonds. The van der Waals surface area contributed by atoms with Crippen LogP contribution in [0.25, 0.3) is 33.4 Å². The van der Waals surface area contributed by atoms with E-state index in [1.54, 1.807) is 0 Å². The van der Waals surface area contributed by atoms with Gasteiger partial charge in [-0.1, -0.05) is 119 Å². The fraction of sp³-hybridized carbons (Fsp3) is 0.226. The van der Waals surface area contributed by atoms with Crippen LogP contribution in [0.3, 0.4) is 0 Å². The third kappa shape index (κ3) is 4.49. The van der Waals surface area contributed by atoms with Crippen LogP contribution in [0, 0.1) is 6.92 Å². The molecule has 0 fully saturated rings. The number of benzene rings is 4. The molecule has 4 rings (SSSR count). The molecular formula is C31H32. The van der Waals surface area contributed by atoms with Gasteiger partial charge in [0.05, 0.1) is 0 Å². The van der Waals surface area contributed by atoms with Gasteiger partial charge in [0, 0.05) is 2.74 Å². The Balaban J connectivity index is 1.69. The Kier molecular flexibility index (Phi) is 5.37. The summed E-state index contributed by atoms with van der Waals surface area (Å²) in [5.74, 6) is -1.44. The molecule has 4 aromatic rings. The molecule has 0 radical (unpaired) electrons. The van der Waals surface area contributed by atoms with Crippen molar-refractivity contribution in [1.29, 1.82) is 0 Å². The number of hydrogen-bond acceptors (Lipinski definition) is 0. The quantitative estimate of drug-likeness (QED) is 0.310. The largest absolute Gasteiger partial charge is 0.0622 e. The first-order chi connectivity index (χ1) is 15.5. The van der Waals surface area contributed by atoms with Gasteiger partial charge in [0.2, 0.25) is 0 Å². The van der Waals surface area contributed by atoms with Crippen molar-refractivity contribution in [3.63, 3.8) is 0 Å². The lowest BCUT2D eigenvalue weighted by molar-refractivity contribution is 0.818. The van der Waals surface area contributed by atoms with E-state index in [1.165, 1.54) is 22.3 Å². The van der Waals surface area contributed by atoms with Gasteiger partial charge in [0.1, 0.15) is 0 Å². The molecule has 0 saturated carbocycles. The highest BCUT2D eigenvalue weighted by molar-refractivity contribution is 5.74. The van der Waals surface area contributed by atoms with Gasteiger partial charge in [-0.25, -0.2) is 0 Å². The Bertz CT molecular complexity index is 1200. The summed E-state index contributed by atoms with van der Waals surface area (Å²) >= 11 is 0. The van der Waals surface area contributed by atoms with Gasteiger partial charge in [0.15, 0.2) is 0 Å². The third-order valence-electron chi connectivity index (χ3n) is 6.03. The first-order valence-corrected chi connectivity index (χ1v) is 11.0. The van der Waals surface area contributed by atoms with Crippen molar-refractivity contribution in [3.8, 4) is 33.4 Å². The Morgan fingerprint density at radius 1 is 0.484 bits per heavy atom. The summed E-state index contributed by atoms with van der Waals surface area (Å²) in [5, 5.41) is 0. The van der Waals surface area contributed by atoms with Crippen molar-refractivity contribution in [2.75, 3.05) is 0 Å². The van der Waals surface area contributed by atoms with Crippen molar-refractivity contribution in [2.45, 2.75) is 46.4 Å². The highest BCUT2D eigenvalue weighted by atomic mass is 14.2. The Hall–Kier alpha value is -3.12. The van der Waals surface area contributed by atoms with E-state index < -0.39 is 11.8 Å². The van der Waals surface area contributed by atoms with E-state index in [0.29, 0.717) is 0 Å². The van der Waals surface area contributed by atoms with Gasteiger partial charge >= 0.3 is 0 Å². The molecule has 0 saturated heterocycles. The topological polar surface area (TPSA) is 0 Å². The van der Waals surface area contributed by atoms with E-state index in [4.69, 9.17) is 2.74 Å². The molecule has 0 aliphatic heterocycles. The van der Waals surface area contributed by atoms with Gasteiger partial charge in [-0.3, -0.25) is 0 Å². The van der Waals surface area contributed by atoms with Crippen LogP contribution in [-0.2, 0) is 0 Å². The molecule has 0 aromatic heterocycles. The third-order valence-corrected chi connectivity index (χ3v) is 6.03. The first-order valence-electron chi connectivity index (χ1n) is 12.0. The van der Waals surface area contributed by atoms with Crippen LogP contribution in [0.1, 0.15) is 58.9 Å². The molecule has 0 aliphatic rings. The highest BCUT2D eigenvalue weighted by Crippen LogP contribution is 2.34. The molecule has 0 nitrogen and oxygen atoms in total. The zero-order chi connectivity index (χ0) is 23.8. The van der Waals surface area contributed by atoms with E-state index >= 15 is 0 Å². The fourth-order valence-electron chi connectivity index (χ4n) is 4.26. The molecular weight excluding hydrogens is 372 g/mol. The molecule has 0 aliphatic carbocycles. The molecule has 0 atom stereocenters. The molecule has 0 bridgehead atoms. The van der Waals surface area contributed by atoms with Gasteiger partial charge in [0.25, 0.3) is 0 Å². The van der Waals surface area contributed by atoms with Crippen LogP contribution in [0.2, 0.25) is 0 Å². The van der Waals surface area contributed by atoms with Crippen LogP contribution < -0.4 is 0 Å². The summed E-state index contributed by atoms with van der Waals surface area (Å²) in [5.41, 5.74) is 9.99. The summed E-state index contributed by atoms with van der Waals surface area (Å²) in [6.07, 6.45) is 0. The second-order valence-electron chi connectivity index (χ2n) is 8.72. The molecule has 156 valence electrons. The van der Waals surface area contributed by atoms with Crippen LogP contribution in [-0.4, -0.2) is 0 Å². The van der Waals surface area contributed by atoms with Gasteiger partial charge in [-0.2, -0.15) is 0 Å². The van der Waals surface area contributed by atoms with E-state index in [0.717, 1.165) is 27.8 Å². The van der Waals surface area contributed by atoms with Crippen LogP contribution >= 0.6 is 0 Å². The minimum atomic E-state index is -0.722. The maximum absolute atomic E-state index is 8.64. The molecule has 0 heterocycles. The first kappa shape index (κ1) is 18.6. The summed E-state index contributed by atoms with van der Waals surface area (Å²) in [4.78, 5) is 0. The SMILES string of the molecule is [2H]C(C)(C)c1cc(-c2ccc(-c3ccc(-c4ccccc4)cc3)cc2)cc(C([2H])(C)C)c1C. The lowest BCUT2D eigenvalue weighted by atomic mass is 9.86. The summed E-state index contributed by atoms with van der Waals surface area (Å²) in [7, 11) is 0. The zero-order valence-electron chi connectivity index (χ0n) is 21.2. The average Bonchev–Trinajstić information content (AvgIpc) is 2.78. The fourth-order valence-corrected chi connectivity index (χ4v) is 4.26. The summed E-state index contributed by atoms with van der Waals surface area (Å²) in [6, 6.07) is 32.0. The minimum Gasteiger partial charge on any atom is -0.0622 e. The number of hydrogen-bond donors (Lipinski definition) is 0. The van der Waals surface area contributed by atoms with E-state index in [-0.39, 0.29) is 0 Å². The van der Waals surface area contributed by atoms with E-state index in [1.807, 2.05) is 40.7 Å². The standard InChI is InChI=1S/C31H32/c1-21(2)30-19-29(20-31(22(3)4)23(30)5)28-17-15-27(16-18-28)26-13-11-25(12-14-26)24-9-7-6-8-10-24/h6-22H,1-5H3/i21D,22D. The Labute approximate surface area is 190 Å². The van der Waals surface area contributed by atoms with Crippen LogP contribution in [0.5, 0.6) is 0 Å². The Morgan fingerprint density at radius 3 is 1.16 bits per heavy atom. The predicted octanol–water partition coefficient (Wildman–Crippen LogP) is 9.24. The van der Waals surface area contributed by atoms with Crippen molar-refractivity contribution in [2.24, 2.45) is 0 Å². The van der Waals surface area contributed by atoms with Gasteiger partial charge in [-0.05, 0) is 68.8 Å². The predicted molar refractivity (Wildman–Crippen MR) is 136 cm³/mol. The van der Waals surface area contributed by atoms with Crippen molar-refractivity contribution in [1.82, 2.24) is 0 Å². The maximum Gasteiger partial charge on any atom is 0.0347 e. The van der Waals surface area contributed by atoms with Crippen molar-refractivity contribution >= 4 is 0 Å². The van der Waals surface area contributed by atoms with Crippen LogP contribution in [0.15, 0.2) is 91.0 Å². The van der Waals surface area contributed by atoms with E-state index in [9.17, 15) is 0 Å². The highest BCUT2D eigenvalue weighted by Gasteiger charge is 2.13. The lowest BCUT2D eigenvalue weighted by Crippen LogP contribution is -2.00. The number of rotatable bonds is 5. The molecule has 0 heteroatoms. The minimum absolute atomic E-state index is 0.722. The molecule has 0 spiro atoms. The summed E-state index contributed by atoms with van der Waals surface area (Å²) in [6.45, 7) is 9.72. The molecule has 4 aromatic carbocycles. The normalized spacial score (nSPS) is 12.9. The van der Waals surface area contributed by atoms with Gasteiger partial charge < -0.3 is 0 Å². The molecule has 0 N–H and O–H groups in total. The lowest BCUT2D eigenvalue weighted by Gasteiger charge is -2.19. The summed E-state index contributed by atoms with van der Waals surface area (Å²) < 4.78 is 17.3. The second kappa shape index (κ2) is 8.94. The molecule has 0 unspecified atom stereocenters. The van der Waals surface area contributed by atoms with Crippen molar-refractivity contribution in [3.05, 3.63) is 108 Å². The second-order valence-corrected chi connectivity index (χ2v) is 8.72. The molecule has 31 heavy (non-hydrogen) atoms. The van der Waals surface area contributed by atoms with Gasteiger partial charge in [-0.15, -0.1) is 0 Å². The average molecular weight is 407 g/mol. The van der Waals surface area contributed by atoms with Crippen molar-refractivity contribution < 1.29 is 2.74 Å². The maximum atomic E-state index is 8.64. The Morgan fingerprint density at radius 2 is 0.806 bits per heavy atom.